The molecular weight excluding hydrogens is 314 g/mol. The van der Waals surface area contributed by atoms with E-state index in [1.54, 1.807) is 0 Å². The van der Waals surface area contributed by atoms with Crippen LogP contribution in [0.2, 0.25) is 0 Å². The molecule has 1 fully saturated rings. The van der Waals surface area contributed by atoms with Crippen LogP contribution < -0.4 is 10.2 Å². The monoisotopic (exact) mass is 333 g/mol. The van der Waals surface area contributed by atoms with Gasteiger partial charge in [-0.2, -0.15) is 5.26 Å². The highest BCUT2D eigenvalue weighted by Crippen LogP contribution is 2.30. The summed E-state index contributed by atoms with van der Waals surface area (Å²) in [4.78, 5) is 23.9. The van der Waals surface area contributed by atoms with Crippen LogP contribution in [0, 0.1) is 17.2 Å². The predicted molar refractivity (Wildman–Crippen MR) is 94.1 cm³/mol. The quantitative estimate of drug-likeness (QED) is 0.911. The van der Waals surface area contributed by atoms with Crippen LogP contribution in [0.3, 0.4) is 0 Å². The molecule has 0 saturated carbocycles. The molecular formula is C19H19N5O. The lowest BCUT2D eigenvalue weighted by Crippen LogP contribution is -2.39. The Morgan fingerprint density at radius 1 is 1.24 bits per heavy atom. The van der Waals surface area contributed by atoms with E-state index in [1.165, 1.54) is 0 Å². The third kappa shape index (κ3) is 2.93. The fourth-order valence-electron chi connectivity index (χ4n) is 3.53. The van der Waals surface area contributed by atoms with Crippen LogP contribution in [0.25, 0.3) is 11.4 Å². The van der Waals surface area contributed by atoms with Gasteiger partial charge in [0.05, 0.1) is 12.0 Å². The van der Waals surface area contributed by atoms with E-state index in [0.717, 1.165) is 42.8 Å². The van der Waals surface area contributed by atoms with Crippen molar-refractivity contribution in [1.29, 1.82) is 5.26 Å². The average molecular weight is 333 g/mol. The summed E-state index contributed by atoms with van der Waals surface area (Å²) >= 11 is 0. The van der Waals surface area contributed by atoms with E-state index in [0.29, 0.717) is 24.6 Å². The Morgan fingerprint density at radius 2 is 2.08 bits per heavy atom. The first kappa shape index (κ1) is 15.6. The Hall–Kier alpha value is -2.94. The summed E-state index contributed by atoms with van der Waals surface area (Å²) in [6, 6.07) is 12.1. The molecule has 1 atom stereocenters. The first-order chi connectivity index (χ1) is 12.3. The van der Waals surface area contributed by atoms with Crippen molar-refractivity contribution < 1.29 is 4.79 Å². The molecule has 1 aromatic carbocycles. The van der Waals surface area contributed by atoms with Crippen molar-refractivity contribution in [3.63, 3.8) is 0 Å². The van der Waals surface area contributed by atoms with Crippen molar-refractivity contribution in [2.45, 2.75) is 19.3 Å². The first-order valence-electron chi connectivity index (χ1n) is 8.65. The maximum atomic E-state index is 12.4. The summed E-state index contributed by atoms with van der Waals surface area (Å²) in [6.07, 6.45) is 2.61. The summed E-state index contributed by atoms with van der Waals surface area (Å²) in [6.45, 7) is 2.12. The fraction of sp³-hybridized carbons (Fsp3) is 0.368. The second kappa shape index (κ2) is 6.52. The molecule has 2 aliphatic heterocycles. The molecule has 1 unspecified atom stereocenters. The molecule has 25 heavy (non-hydrogen) atoms. The number of carbonyl (C=O) groups is 1. The molecule has 6 nitrogen and oxygen atoms in total. The number of nitrogens with one attached hydrogen (secondary N) is 1. The number of rotatable bonds is 2. The van der Waals surface area contributed by atoms with E-state index in [1.807, 2.05) is 30.3 Å². The van der Waals surface area contributed by atoms with Gasteiger partial charge in [-0.25, -0.2) is 9.97 Å². The molecule has 1 N–H and O–H groups in total. The van der Waals surface area contributed by atoms with Gasteiger partial charge in [0.1, 0.15) is 11.5 Å². The van der Waals surface area contributed by atoms with Gasteiger partial charge in [-0.05, 0) is 19.3 Å². The third-order valence-corrected chi connectivity index (χ3v) is 4.80. The Bertz CT molecular complexity index is 843. The number of hydrogen-bond donors (Lipinski definition) is 1. The van der Waals surface area contributed by atoms with Crippen LogP contribution >= 0.6 is 0 Å². The van der Waals surface area contributed by atoms with Crippen LogP contribution in [-0.4, -0.2) is 35.5 Å². The van der Waals surface area contributed by atoms with Crippen molar-refractivity contribution in [3.05, 3.63) is 41.6 Å². The van der Waals surface area contributed by atoms with Crippen LogP contribution in [0.15, 0.2) is 30.3 Å². The lowest BCUT2D eigenvalue weighted by molar-refractivity contribution is 0.0940. The van der Waals surface area contributed by atoms with E-state index in [-0.39, 0.29) is 11.8 Å². The van der Waals surface area contributed by atoms with Gasteiger partial charge in [-0.15, -0.1) is 0 Å². The minimum Gasteiger partial charge on any atom is -0.355 e. The molecule has 4 rings (SSSR count). The second-order valence-electron chi connectivity index (χ2n) is 6.48. The highest BCUT2D eigenvalue weighted by Gasteiger charge is 2.29. The summed E-state index contributed by atoms with van der Waals surface area (Å²) in [5.74, 6) is 1.25. The zero-order valence-electron chi connectivity index (χ0n) is 13.9. The van der Waals surface area contributed by atoms with Crippen molar-refractivity contribution in [3.8, 4) is 17.5 Å². The van der Waals surface area contributed by atoms with E-state index in [4.69, 9.17) is 4.98 Å². The van der Waals surface area contributed by atoms with Gasteiger partial charge in [0.2, 0.25) is 0 Å². The van der Waals surface area contributed by atoms with Gasteiger partial charge < -0.3 is 10.2 Å². The first-order valence-corrected chi connectivity index (χ1v) is 8.65. The molecule has 1 saturated heterocycles. The maximum absolute atomic E-state index is 12.4. The molecule has 1 aromatic heterocycles. The van der Waals surface area contributed by atoms with E-state index in [2.05, 4.69) is 21.3 Å². The van der Waals surface area contributed by atoms with Crippen molar-refractivity contribution >= 4 is 11.7 Å². The molecule has 126 valence electrons. The van der Waals surface area contributed by atoms with Crippen LogP contribution in [-0.2, 0) is 6.42 Å². The van der Waals surface area contributed by atoms with Gasteiger partial charge in [-0.1, -0.05) is 30.3 Å². The summed E-state index contributed by atoms with van der Waals surface area (Å²) < 4.78 is 0. The average Bonchev–Trinajstić information content (AvgIpc) is 2.68. The highest BCUT2D eigenvalue weighted by molar-refractivity contribution is 5.96. The molecule has 0 bridgehead atoms. The number of nitriles is 1. The Labute approximate surface area is 146 Å². The molecule has 0 spiro atoms. The number of aromatic nitrogens is 2. The fourth-order valence-corrected chi connectivity index (χ4v) is 3.53. The Morgan fingerprint density at radius 3 is 2.88 bits per heavy atom. The Kier molecular flexibility index (Phi) is 4.06. The zero-order chi connectivity index (χ0) is 17.2. The maximum Gasteiger partial charge on any atom is 0.270 e. The van der Waals surface area contributed by atoms with Crippen LogP contribution in [0.1, 0.15) is 28.9 Å². The number of nitrogens with zero attached hydrogens (tertiary/aromatic N) is 4. The number of fused-ring (bicyclic) bond motifs is 1. The number of piperidine rings is 1. The smallest absolute Gasteiger partial charge is 0.270 e. The topological polar surface area (TPSA) is 81.9 Å². The minimum atomic E-state index is -0.143. The predicted octanol–water partition coefficient (Wildman–Crippen LogP) is 2.17. The van der Waals surface area contributed by atoms with Crippen molar-refractivity contribution in [2.24, 2.45) is 5.92 Å². The highest BCUT2D eigenvalue weighted by atomic mass is 16.1. The summed E-state index contributed by atoms with van der Waals surface area (Å²) in [5.41, 5.74) is 2.26. The second-order valence-corrected chi connectivity index (χ2v) is 6.48. The number of hydrogen-bond acceptors (Lipinski definition) is 5. The van der Waals surface area contributed by atoms with Gasteiger partial charge in [-0.3, -0.25) is 4.79 Å². The van der Waals surface area contributed by atoms with E-state index in [9.17, 15) is 10.1 Å². The number of benzene rings is 1. The number of carbonyl (C=O) groups excluding carboxylic acids is 1. The molecule has 0 aliphatic carbocycles. The largest absolute Gasteiger partial charge is 0.355 e. The van der Waals surface area contributed by atoms with Gasteiger partial charge in [0.15, 0.2) is 5.82 Å². The van der Waals surface area contributed by atoms with Crippen molar-refractivity contribution in [1.82, 2.24) is 15.3 Å². The molecule has 1 amide bonds. The number of amides is 1. The Balaban J connectivity index is 1.83. The SMILES string of the molecule is N#CC1CCCN(c2nc(-c3ccccc3)nc3c2CCNC3=O)C1. The molecule has 6 heteroatoms. The minimum absolute atomic E-state index is 0.0111. The van der Waals surface area contributed by atoms with Crippen LogP contribution in [0.4, 0.5) is 5.82 Å². The van der Waals surface area contributed by atoms with Crippen LogP contribution in [0.5, 0.6) is 0 Å². The lowest BCUT2D eigenvalue weighted by atomic mass is 9.98. The van der Waals surface area contributed by atoms with E-state index >= 15 is 0 Å². The lowest BCUT2D eigenvalue weighted by Gasteiger charge is -2.33. The summed E-state index contributed by atoms with van der Waals surface area (Å²) in [7, 11) is 0. The van der Waals surface area contributed by atoms with Gasteiger partial charge >= 0.3 is 0 Å². The summed E-state index contributed by atoms with van der Waals surface area (Å²) in [5, 5.41) is 12.2. The molecule has 0 radical (unpaired) electrons. The zero-order valence-corrected chi connectivity index (χ0v) is 13.9. The van der Waals surface area contributed by atoms with E-state index < -0.39 is 0 Å². The molecule has 2 aliphatic rings. The van der Waals surface area contributed by atoms with Gasteiger partial charge in [0.25, 0.3) is 5.91 Å². The normalized spacial score (nSPS) is 19.7. The standard InChI is InChI=1S/C19H19N5O/c20-11-13-5-4-10-24(12-13)18-15-8-9-21-19(25)16(15)22-17(23-18)14-6-2-1-3-7-14/h1-3,6-7,13H,4-5,8-10,12H2,(H,21,25). The number of anilines is 1. The molecule has 3 heterocycles. The van der Waals surface area contributed by atoms with Gasteiger partial charge in [0, 0.05) is 30.8 Å². The molecule has 2 aromatic rings. The van der Waals surface area contributed by atoms with Crippen molar-refractivity contribution in [2.75, 3.05) is 24.5 Å². The third-order valence-electron chi connectivity index (χ3n) is 4.80.